The molecule has 0 radical (unpaired) electrons. The Morgan fingerprint density at radius 3 is 2.64 bits per heavy atom. The lowest BCUT2D eigenvalue weighted by atomic mass is 10.1. The van der Waals surface area contributed by atoms with Crippen molar-refractivity contribution in [2.45, 2.75) is 46.5 Å². The number of anilines is 1. The SMILES string of the molecule is Cc1nc(NCCNC(=O)C2CCCC2)cc(-n2cnc(C)c2C)n1. The number of carbonyl (C=O) groups is 1. The van der Waals surface area contributed by atoms with Crippen LogP contribution in [0.2, 0.25) is 0 Å². The number of aromatic nitrogens is 4. The van der Waals surface area contributed by atoms with Crippen molar-refractivity contribution >= 4 is 11.7 Å². The van der Waals surface area contributed by atoms with Gasteiger partial charge in [-0.1, -0.05) is 12.8 Å². The number of nitrogens with zero attached hydrogens (tertiary/aromatic N) is 4. The van der Waals surface area contributed by atoms with Crippen LogP contribution in [0.15, 0.2) is 12.4 Å². The van der Waals surface area contributed by atoms with Crippen molar-refractivity contribution in [1.29, 1.82) is 0 Å². The summed E-state index contributed by atoms with van der Waals surface area (Å²) in [6, 6.07) is 1.90. The molecule has 0 unspecified atom stereocenters. The third-order valence-corrected chi connectivity index (χ3v) is 4.78. The molecule has 7 nitrogen and oxygen atoms in total. The highest BCUT2D eigenvalue weighted by Gasteiger charge is 2.21. The summed E-state index contributed by atoms with van der Waals surface area (Å²) >= 11 is 0. The lowest BCUT2D eigenvalue weighted by molar-refractivity contribution is -0.124. The Balaban J connectivity index is 1.57. The molecule has 0 aromatic carbocycles. The van der Waals surface area contributed by atoms with Crippen molar-refractivity contribution in [3.05, 3.63) is 29.6 Å². The van der Waals surface area contributed by atoms with Crippen LogP contribution in [-0.2, 0) is 4.79 Å². The van der Waals surface area contributed by atoms with E-state index in [1.54, 1.807) is 6.33 Å². The Kier molecular flexibility index (Phi) is 5.31. The highest BCUT2D eigenvalue weighted by atomic mass is 16.1. The molecule has 1 aliphatic rings. The van der Waals surface area contributed by atoms with E-state index in [1.165, 1.54) is 12.8 Å². The van der Waals surface area contributed by atoms with Gasteiger partial charge in [-0.15, -0.1) is 0 Å². The van der Waals surface area contributed by atoms with Gasteiger partial charge in [-0.05, 0) is 33.6 Å². The zero-order valence-electron chi connectivity index (χ0n) is 15.2. The van der Waals surface area contributed by atoms with Crippen LogP contribution >= 0.6 is 0 Å². The maximum atomic E-state index is 12.0. The standard InChI is InChI=1S/C18H26N6O/c1-12-13(2)24(11-21-12)17-10-16(22-14(3)23-17)19-8-9-20-18(25)15-6-4-5-7-15/h10-11,15H,4-9H2,1-3H3,(H,20,25)(H,19,22,23). The molecule has 1 amide bonds. The number of imidazole rings is 1. The summed E-state index contributed by atoms with van der Waals surface area (Å²) in [5.74, 6) is 2.64. The summed E-state index contributed by atoms with van der Waals surface area (Å²) in [5, 5.41) is 6.28. The predicted molar refractivity (Wildman–Crippen MR) is 96.8 cm³/mol. The molecular weight excluding hydrogens is 316 g/mol. The summed E-state index contributed by atoms with van der Waals surface area (Å²) in [5.41, 5.74) is 2.05. The van der Waals surface area contributed by atoms with Crippen LogP contribution in [0.1, 0.15) is 42.9 Å². The van der Waals surface area contributed by atoms with E-state index in [9.17, 15) is 4.79 Å². The van der Waals surface area contributed by atoms with E-state index in [2.05, 4.69) is 25.6 Å². The van der Waals surface area contributed by atoms with Gasteiger partial charge in [0.2, 0.25) is 5.91 Å². The Hall–Kier alpha value is -2.44. The largest absolute Gasteiger partial charge is 0.368 e. The lowest BCUT2D eigenvalue weighted by Crippen LogP contribution is -2.33. The molecule has 0 saturated heterocycles. The molecule has 7 heteroatoms. The van der Waals surface area contributed by atoms with Crippen LogP contribution in [0, 0.1) is 26.7 Å². The number of hydrogen-bond donors (Lipinski definition) is 2. The van der Waals surface area contributed by atoms with Crippen LogP contribution in [0.5, 0.6) is 0 Å². The smallest absolute Gasteiger partial charge is 0.223 e. The van der Waals surface area contributed by atoms with E-state index in [0.717, 1.165) is 35.9 Å². The lowest BCUT2D eigenvalue weighted by Gasteiger charge is -2.12. The summed E-state index contributed by atoms with van der Waals surface area (Å²) in [6.45, 7) is 7.10. The molecule has 0 spiro atoms. The quantitative estimate of drug-likeness (QED) is 0.787. The minimum Gasteiger partial charge on any atom is -0.368 e. The van der Waals surface area contributed by atoms with Crippen LogP contribution in [-0.4, -0.2) is 38.5 Å². The zero-order chi connectivity index (χ0) is 17.8. The molecule has 25 heavy (non-hydrogen) atoms. The minimum absolute atomic E-state index is 0.184. The van der Waals surface area contributed by atoms with Crippen molar-refractivity contribution in [3.63, 3.8) is 0 Å². The maximum absolute atomic E-state index is 12.0. The van der Waals surface area contributed by atoms with E-state index in [4.69, 9.17) is 0 Å². The first-order valence-corrected chi connectivity index (χ1v) is 8.93. The summed E-state index contributed by atoms with van der Waals surface area (Å²) < 4.78 is 1.96. The average molecular weight is 342 g/mol. The maximum Gasteiger partial charge on any atom is 0.223 e. The summed E-state index contributed by atoms with van der Waals surface area (Å²) in [6.07, 6.45) is 6.17. The summed E-state index contributed by atoms with van der Waals surface area (Å²) in [7, 11) is 0. The molecule has 2 N–H and O–H groups in total. The third kappa shape index (κ3) is 4.15. The predicted octanol–water partition coefficient (Wildman–Crippen LogP) is 2.31. The van der Waals surface area contributed by atoms with Gasteiger partial charge in [-0.2, -0.15) is 0 Å². The van der Waals surface area contributed by atoms with Gasteiger partial charge in [0, 0.05) is 30.8 Å². The van der Waals surface area contributed by atoms with Crippen LogP contribution in [0.25, 0.3) is 5.82 Å². The van der Waals surface area contributed by atoms with Crippen molar-refractivity contribution in [3.8, 4) is 5.82 Å². The number of aryl methyl sites for hydroxylation is 2. The van der Waals surface area contributed by atoms with Gasteiger partial charge < -0.3 is 10.6 Å². The van der Waals surface area contributed by atoms with Crippen LogP contribution in [0.4, 0.5) is 5.82 Å². The molecular formula is C18H26N6O. The second-order valence-corrected chi connectivity index (χ2v) is 6.64. The van der Waals surface area contributed by atoms with E-state index < -0.39 is 0 Å². The molecule has 2 aromatic heterocycles. The molecule has 1 aliphatic carbocycles. The van der Waals surface area contributed by atoms with Crippen molar-refractivity contribution < 1.29 is 4.79 Å². The minimum atomic E-state index is 0.184. The highest BCUT2D eigenvalue weighted by molar-refractivity contribution is 5.78. The molecule has 134 valence electrons. The van der Waals surface area contributed by atoms with Gasteiger partial charge in [0.1, 0.15) is 23.8 Å². The van der Waals surface area contributed by atoms with Crippen molar-refractivity contribution in [2.75, 3.05) is 18.4 Å². The van der Waals surface area contributed by atoms with E-state index in [1.807, 2.05) is 31.4 Å². The fraction of sp³-hybridized carbons (Fsp3) is 0.556. The van der Waals surface area contributed by atoms with E-state index in [-0.39, 0.29) is 11.8 Å². The topological polar surface area (TPSA) is 84.7 Å². The molecule has 2 heterocycles. The molecule has 0 atom stereocenters. The first-order chi connectivity index (χ1) is 12.0. The molecule has 1 saturated carbocycles. The Bertz CT molecular complexity index is 748. The number of amides is 1. The van der Waals surface area contributed by atoms with Gasteiger partial charge in [0.05, 0.1) is 5.69 Å². The van der Waals surface area contributed by atoms with E-state index >= 15 is 0 Å². The number of rotatable bonds is 6. The van der Waals surface area contributed by atoms with Gasteiger partial charge in [-0.25, -0.2) is 15.0 Å². The third-order valence-electron chi connectivity index (χ3n) is 4.78. The molecule has 2 aromatic rings. The summed E-state index contributed by atoms with van der Waals surface area (Å²) in [4.78, 5) is 25.2. The zero-order valence-corrected chi connectivity index (χ0v) is 15.2. The van der Waals surface area contributed by atoms with Gasteiger partial charge in [-0.3, -0.25) is 9.36 Å². The highest BCUT2D eigenvalue weighted by Crippen LogP contribution is 2.24. The first-order valence-electron chi connectivity index (χ1n) is 8.93. The molecule has 1 fully saturated rings. The fourth-order valence-corrected chi connectivity index (χ4v) is 3.20. The second-order valence-electron chi connectivity index (χ2n) is 6.64. The first kappa shape index (κ1) is 17.4. The average Bonchev–Trinajstić information content (AvgIpc) is 3.22. The molecule has 0 bridgehead atoms. The van der Waals surface area contributed by atoms with Gasteiger partial charge in [0.25, 0.3) is 0 Å². The van der Waals surface area contributed by atoms with Gasteiger partial charge >= 0.3 is 0 Å². The Morgan fingerprint density at radius 2 is 1.96 bits per heavy atom. The fourth-order valence-electron chi connectivity index (χ4n) is 3.20. The van der Waals surface area contributed by atoms with Crippen LogP contribution in [0.3, 0.4) is 0 Å². The van der Waals surface area contributed by atoms with Crippen LogP contribution < -0.4 is 10.6 Å². The Morgan fingerprint density at radius 1 is 1.20 bits per heavy atom. The number of carbonyl (C=O) groups excluding carboxylic acids is 1. The monoisotopic (exact) mass is 342 g/mol. The van der Waals surface area contributed by atoms with Crippen molar-refractivity contribution in [1.82, 2.24) is 24.8 Å². The van der Waals surface area contributed by atoms with Crippen molar-refractivity contribution in [2.24, 2.45) is 5.92 Å². The van der Waals surface area contributed by atoms with E-state index in [0.29, 0.717) is 18.9 Å². The van der Waals surface area contributed by atoms with Gasteiger partial charge in [0.15, 0.2) is 0 Å². The molecule has 0 aliphatic heterocycles. The normalized spacial score (nSPS) is 14.7. The Labute approximate surface area is 148 Å². The number of nitrogens with one attached hydrogen (secondary N) is 2. The second kappa shape index (κ2) is 7.63. The number of hydrogen-bond acceptors (Lipinski definition) is 5. The molecule has 3 rings (SSSR count).